The molecule has 2 atom stereocenters. The zero-order valence-corrected chi connectivity index (χ0v) is 18.0. The topological polar surface area (TPSA) is 43.1 Å². The highest BCUT2D eigenvalue weighted by atomic mass is 16.6. The summed E-state index contributed by atoms with van der Waals surface area (Å²) >= 11 is 0. The fourth-order valence-corrected chi connectivity index (χ4v) is 10.8. The van der Waals surface area contributed by atoms with E-state index in [9.17, 15) is 10.1 Å². The van der Waals surface area contributed by atoms with Gasteiger partial charge < -0.3 is 0 Å². The second-order valence-corrected chi connectivity index (χ2v) is 13.7. The first-order valence-electron chi connectivity index (χ1n) is 11.6. The van der Waals surface area contributed by atoms with Crippen molar-refractivity contribution in [2.75, 3.05) is 0 Å². The van der Waals surface area contributed by atoms with Gasteiger partial charge >= 0.3 is 0 Å². The lowest BCUT2D eigenvalue weighted by Crippen LogP contribution is -2.61. The van der Waals surface area contributed by atoms with Crippen molar-refractivity contribution >= 4 is 0 Å². The van der Waals surface area contributed by atoms with E-state index in [1.54, 1.807) is 32.1 Å². The van der Waals surface area contributed by atoms with E-state index in [-0.39, 0.29) is 15.8 Å². The van der Waals surface area contributed by atoms with E-state index < -0.39 is 5.54 Å². The van der Waals surface area contributed by atoms with E-state index in [0.29, 0.717) is 5.92 Å². The van der Waals surface area contributed by atoms with Gasteiger partial charge in [0.25, 0.3) is 0 Å². The average molecular weight is 374 g/mol. The number of hydrogen-bond acceptors (Lipinski definition) is 2. The van der Waals surface area contributed by atoms with E-state index in [4.69, 9.17) is 0 Å². The quantitative estimate of drug-likeness (QED) is 0.382. The maximum Gasteiger partial charge on any atom is 0.223 e. The Morgan fingerprint density at radius 2 is 1.04 bits per heavy atom. The summed E-state index contributed by atoms with van der Waals surface area (Å²) < 4.78 is 0. The summed E-state index contributed by atoms with van der Waals surface area (Å²) in [6.45, 7) is 9.63. The van der Waals surface area contributed by atoms with Gasteiger partial charge in [0, 0.05) is 24.2 Å². The molecule has 8 saturated carbocycles. The molecule has 3 heteroatoms. The third-order valence-electron chi connectivity index (χ3n) is 9.63. The molecule has 0 aromatic rings. The molecule has 0 radical (unpaired) electrons. The minimum absolute atomic E-state index is 0.0496. The van der Waals surface area contributed by atoms with Gasteiger partial charge in [0.1, 0.15) is 0 Å². The summed E-state index contributed by atoms with van der Waals surface area (Å²) in [6, 6.07) is 0. The van der Waals surface area contributed by atoms with Gasteiger partial charge in [0.15, 0.2) is 0 Å². The standard InChI is InChI=1S/C12H19NO2.C12H20/c1-10-3-9-4-11(2,6-10)8-12(5-9,7-10)13(14)15;1-11-4-9-3-10(5-11)7-12(2,6-9)8-11/h9H,3-8H2,1-2H3;9-10H,3-8H2,1-2H3. The van der Waals surface area contributed by atoms with Crippen LogP contribution in [0.3, 0.4) is 0 Å². The van der Waals surface area contributed by atoms with Crippen LogP contribution in [0.4, 0.5) is 0 Å². The summed E-state index contributed by atoms with van der Waals surface area (Å²) in [5.41, 5.74) is 1.50. The molecule has 152 valence electrons. The monoisotopic (exact) mass is 373 g/mol. The summed E-state index contributed by atoms with van der Waals surface area (Å²) in [5, 5.41) is 11.3. The Hall–Kier alpha value is -0.600. The Morgan fingerprint density at radius 1 is 0.630 bits per heavy atom. The van der Waals surface area contributed by atoms with Crippen molar-refractivity contribution in [3.05, 3.63) is 10.1 Å². The fourth-order valence-electron chi connectivity index (χ4n) is 10.8. The first kappa shape index (κ1) is 18.4. The normalized spacial score (nSPS) is 59.5. The highest BCUT2D eigenvalue weighted by Gasteiger charge is 2.66. The largest absolute Gasteiger partial charge is 0.264 e. The predicted octanol–water partition coefficient (Wildman–Crippen LogP) is 6.62. The number of nitro groups is 1. The van der Waals surface area contributed by atoms with Crippen LogP contribution in [-0.4, -0.2) is 10.5 Å². The lowest BCUT2D eigenvalue weighted by molar-refractivity contribution is -0.594. The molecule has 0 spiro atoms. The van der Waals surface area contributed by atoms with Crippen LogP contribution >= 0.6 is 0 Å². The molecular weight excluding hydrogens is 334 g/mol. The molecule has 0 aromatic carbocycles. The van der Waals surface area contributed by atoms with Crippen molar-refractivity contribution in [3.63, 3.8) is 0 Å². The van der Waals surface area contributed by atoms with Gasteiger partial charge in [0.05, 0.1) is 0 Å². The molecule has 0 amide bonds. The Morgan fingerprint density at radius 3 is 1.41 bits per heavy atom. The van der Waals surface area contributed by atoms with Gasteiger partial charge in [-0.1, -0.05) is 27.7 Å². The second kappa shape index (κ2) is 5.30. The van der Waals surface area contributed by atoms with Crippen molar-refractivity contribution in [3.8, 4) is 0 Å². The Bertz CT molecular complexity index is 617. The van der Waals surface area contributed by atoms with Crippen LogP contribution in [0.15, 0.2) is 0 Å². The number of nitrogens with zero attached hydrogens (tertiary/aromatic N) is 1. The van der Waals surface area contributed by atoms with Crippen LogP contribution in [0.5, 0.6) is 0 Å². The molecule has 27 heavy (non-hydrogen) atoms. The van der Waals surface area contributed by atoms with E-state index in [1.165, 1.54) is 25.7 Å². The third-order valence-corrected chi connectivity index (χ3v) is 9.63. The lowest BCUT2D eigenvalue weighted by Gasteiger charge is -2.61. The van der Waals surface area contributed by atoms with Crippen LogP contribution in [0.25, 0.3) is 0 Å². The van der Waals surface area contributed by atoms with E-state index in [2.05, 4.69) is 27.7 Å². The lowest BCUT2D eigenvalue weighted by atomic mass is 9.43. The van der Waals surface area contributed by atoms with Crippen molar-refractivity contribution in [2.45, 2.75) is 110 Å². The highest BCUT2D eigenvalue weighted by Crippen LogP contribution is 2.67. The molecule has 8 bridgehead atoms. The SMILES string of the molecule is CC12CC3CC(C)(C1)CC([N+](=O)[O-])(C3)C2.CC12CC3CC(C1)CC(C)(C3)C2. The molecule has 2 unspecified atom stereocenters. The van der Waals surface area contributed by atoms with Crippen molar-refractivity contribution in [2.24, 2.45) is 39.4 Å². The summed E-state index contributed by atoms with van der Waals surface area (Å²) in [4.78, 5) is 11.4. The van der Waals surface area contributed by atoms with Crippen LogP contribution in [0.2, 0.25) is 0 Å². The predicted molar refractivity (Wildman–Crippen MR) is 108 cm³/mol. The molecule has 3 nitrogen and oxygen atoms in total. The Balaban J connectivity index is 0.000000121. The molecule has 0 aromatic heterocycles. The molecule has 8 fully saturated rings. The molecular formula is C24H39NO2. The van der Waals surface area contributed by atoms with E-state index in [0.717, 1.165) is 41.9 Å². The summed E-state index contributed by atoms with van der Waals surface area (Å²) in [5.74, 6) is 2.85. The van der Waals surface area contributed by atoms with E-state index in [1.807, 2.05) is 0 Å². The maximum absolute atomic E-state index is 11.3. The highest BCUT2D eigenvalue weighted by molar-refractivity contribution is 5.11. The second-order valence-electron chi connectivity index (χ2n) is 13.7. The molecule has 0 heterocycles. The zero-order chi connectivity index (χ0) is 19.3. The van der Waals surface area contributed by atoms with Gasteiger partial charge in [-0.05, 0) is 97.2 Å². The minimum Gasteiger partial charge on any atom is -0.264 e. The Labute approximate surface area is 165 Å². The number of rotatable bonds is 1. The molecule has 8 aliphatic rings. The van der Waals surface area contributed by atoms with Gasteiger partial charge in [-0.15, -0.1) is 0 Å². The third kappa shape index (κ3) is 2.97. The molecule has 0 saturated heterocycles. The van der Waals surface area contributed by atoms with Crippen LogP contribution in [-0.2, 0) is 0 Å². The van der Waals surface area contributed by atoms with Crippen LogP contribution in [0.1, 0.15) is 105 Å². The number of hydrogen-bond donors (Lipinski definition) is 0. The van der Waals surface area contributed by atoms with Crippen LogP contribution in [0, 0.1) is 49.5 Å². The van der Waals surface area contributed by atoms with Crippen molar-refractivity contribution in [1.29, 1.82) is 0 Å². The van der Waals surface area contributed by atoms with Crippen molar-refractivity contribution in [1.82, 2.24) is 0 Å². The molecule has 0 aliphatic heterocycles. The first-order valence-corrected chi connectivity index (χ1v) is 11.6. The molecule has 8 rings (SSSR count). The van der Waals surface area contributed by atoms with Gasteiger partial charge in [-0.25, -0.2) is 0 Å². The Kier molecular flexibility index (Phi) is 3.62. The molecule has 8 aliphatic carbocycles. The fraction of sp³-hybridized carbons (Fsp3) is 1.00. The van der Waals surface area contributed by atoms with E-state index >= 15 is 0 Å². The van der Waals surface area contributed by atoms with Gasteiger partial charge in [-0.2, -0.15) is 0 Å². The molecule has 0 N–H and O–H groups in total. The van der Waals surface area contributed by atoms with Crippen molar-refractivity contribution < 1.29 is 4.92 Å². The minimum atomic E-state index is -0.553. The summed E-state index contributed by atoms with van der Waals surface area (Å²) in [6.07, 6.45) is 15.5. The van der Waals surface area contributed by atoms with Crippen LogP contribution < -0.4 is 0 Å². The first-order chi connectivity index (χ1) is 12.4. The van der Waals surface area contributed by atoms with Gasteiger partial charge in [0.2, 0.25) is 5.54 Å². The zero-order valence-electron chi connectivity index (χ0n) is 18.0. The average Bonchev–Trinajstić information content (AvgIpc) is 2.39. The summed E-state index contributed by atoms with van der Waals surface area (Å²) in [7, 11) is 0. The maximum atomic E-state index is 11.3. The smallest absolute Gasteiger partial charge is 0.223 e. The van der Waals surface area contributed by atoms with Gasteiger partial charge in [-0.3, -0.25) is 10.1 Å².